The zero-order valence-corrected chi connectivity index (χ0v) is 7.69. The van der Waals surface area contributed by atoms with Gasteiger partial charge in [-0.1, -0.05) is 0 Å². The molecule has 0 amide bonds. The second-order valence-electron chi connectivity index (χ2n) is 3.18. The number of ether oxygens (including phenoxy) is 1. The predicted octanol–water partition coefficient (Wildman–Crippen LogP) is -0.0421. The van der Waals surface area contributed by atoms with Crippen LogP contribution in [0, 0.1) is 0 Å². The fourth-order valence-corrected chi connectivity index (χ4v) is 1.42. The molecular weight excluding hydrogens is 170 g/mol. The second-order valence-corrected chi connectivity index (χ2v) is 3.18. The first-order valence-corrected chi connectivity index (χ1v) is 4.45. The average molecular weight is 185 g/mol. The standard InChI is InChI=1S/C9H15NO3/c1-2-13-9(12)6-3-7(10)5-8(11)4-6/h4,7-8,11H,2-3,5,10H2,1H3. The fourth-order valence-electron chi connectivity index (χ4n) is 1.42. The van der Waals surface area contributed by atoms with E-state index in [0.29, 0.717) is 25.0 Å². The van der Waals surface area contributed by atoms with Gasteiger partial charge in [0, 0.05) is 11.6 Å². The molecule has 0 aromatic carbocycles. The van der Waals surface area contributed by atoms with Crippen molar-refractivity contribution in [2.75, 3.05) is 6.61 Å². The Morgan fingerprint density at radius 2 is 2.54 bits per heavy atom. The van der Waals surface area contributed by atoms with E-state index in [0.717, 1.165) is 0 Å². The van der Waals surface area contributed by atoms with Crippen LogP contribution in [0.4, 0.5) is 0 Å². The fraction of sp³-hybridized carbons (Fsp3) is 0.667. The predicted molar refractivity (Wildman–Crippen MR) is 47.9 cm³/mol. The molecule has 1 aliphatic rings. The van der Waals surface area contributed by atoms with Crippen LogP contribution in [0.5, 0.6) is 0 Å². The van der Waals surface area contributed by atoms with Crippen molar-refractivity contribution in [2.45, 2.75) is 31.9 Å². The minimum atomic E-state index is -0.608. The molecule has 13 heavy (non-hydrogen) atoms. The van der Waals surface area contributed by atoms with Gasteiger partial charge in [-0.2, -0.15) is 0 Å². The SMILES string of the molecule is CCOC(=O)C1=CC(O)CC(N)C1. The molecule has 0 radical (unpaired) electrons. The summed E-state index contributed by atoms with van der Waals surface area (Å²) in [6, 6.07) is -0.139. The first-order valence-electron chi connectivity index (χ1n) is 4.45. The van der Waals surface area contributed by atoms with Crippen LogP contribution in [-0.2, 0) is 9.53 Å². The number of carbonyl (C=O) groups is 1. The van der Waals surface area contributed by atoms with E-state index < -0.39 is 6.10 Å². The third-order valence-corrected chi connectivity index (χ3v) is 1.96. The lowest BCUT2D eigenvalue weighted by molar-refractivity contribution is -0.138. The Kier molecular flexibility index (Phi) is 3.45. The normalized spacial score (nSPS) is 28.1. The van der Waals surface area contributed by atoms with Gasteiger partial charge in [0.2, 0.25) is 0 Å². The maximum atomic E-state index is 11.2. The lowest BCUT2D eigenvalue weighted by Gasteiger charge is -2.21. The molecule has 2 atom stereocenters. The number of hydrogen-bond donors (Lipinski definition) is 2. The molecule has 0 aliphatic heterocycles. The van der Waals surface area contributed by atoms with E-state index in [1.54, 1.807) is 6.92 Å². The van der Waals surface area contributed by atoms with Gasteiger partial charge in [0.1, 0.15) is 0 Å². The van der Waals surface area contributed by atoms with Crippen molar-refractivity contribution in [3.05, 3.63) is 11.6 Å². The van der Waals surface area contributed by atoms with Crippen molar-refractivity contribution in [2.24, 2.45) is 5.73 Å². The number of aliphatic hydroxyl groups excluding tert-OH is 1. The highest BCUT2D eigenvalue weighted by atomic mass is 16.5. The van der Waals surface area contributed by atoms with Gasteiger partial charge in [-0.3, -0.25) is 0 Å². The molecule has 0 aromatic heterocycles. The van der Waals surface area contributed by atoms with E-state index in [1.165, 1.54) is 6.08 Å². The summed E-state index contributed by atoms with van der Waals surface area (Å²) in [6.45, 7) is 2.10. The summed E-state index contributed by atoms with van der Waals surface area (Å²) < 4.78 is 4.80. The first kappa shape index (κ1) is 10.2. The van der Waals surface area contributed by atoms with Crippen LogP contribution in [0.25, 0.3) is 0 Å². The van der Waals surface area contributed by atoms with Gasteiger partial charge in [-0.25, -0.2) is 4.79 Å². The van der Waals surface area contributed by atoms with Crippen LogP contribution < -0.4 is 5.73 Å². The Morgan fingerprint density at radius 1 is 1.85 bits per heavy atom. The molecule has 0 spiro atoms. The number of carbonyl (C=O) groups excluding carboxylic acids is 1. The van der Waals surface area contributed by atoms with Crippen molar-refractivity contribution in [1.82, 2.24) is 0 Å². The highest BCUT2D eigenvalue weighted by molar-refractivity contribution is 5.88. The van der Waals surface area contributed by atoms with Crippen molar-refractivity contribution in [3.63, 3.8) is 0 Å². The summed E-state index contributed by atoms with van der Waals surface area (Å²) in [7, 11) is 0. The molecule has 4 heteroatoms. The zero-order chi connectivity index (χ0) is 9.84. The van der Waals surface area contributed by atoms with Crippen molar-refractivity contribution >= 4 is 5.97 Å². The lowest BCUT2D eigenvalue weighted by Crippen LogP contribution is -2.32. The van der Waals surface area contributed by atoms with Crippen LogP contribution in [0.1, 0.15) is 19.8 Å². The Labute approximate surface area is 77.4 Å². The van der Waals surface area contributed by atoms with E-state index in [-0.39, 0.29) is 12.0 Å². The molecular formula is C9H15NO3. The van der Waals surface area contributed by atoms with Gasteiger partial charge in [0.15, 0.2) is 0 Å². The number of aliphatic hydroxyl groups is 1. The molecule has 0 fully saturated rings. The molecule has 74 valence electrons. The van der Waals surface area contributed by atoms with Crippen LogP contribution in [0.15, 0.2) is 11.6 Å². The van der Waals surface area contributed by atoms with Crippen LogP contribution in [-0.4, -0.2) is 29.8 Å². The highest BCUT2D eigenvalue weighted by Crippen LogP contribution is 2.18. The zero-order valence-electron chi connectivity index (χ0n) is 7.69. The Balaban J connectivity index is 2.62. The largest absolute Gasteiger partial charge is 0.463 e. The number of nitrogens with two attached hydrogens (primary N) is 1. The van der Waals surface area contributed by atoms with Crippen molar-refractivity contribution in [3.8, 4) is 0 Å². The number of esters is 1. The molecule has 4 nitrogen and oxygen atoms in total. The Bertz CT molecular complexity index is 225. The summed E-state index contributed by atoms with van der Waals surface area (Å²) in [6.07, 6.45) is 1.93. The lowest BCUT2D eigenvalue weighted by atomic mass is 9.93. The molecule has 0 aromatic rings. The Morgan fingerprint density at radius 3 is 3.08 bits per heavy atom. The van der Waals surface area contributed by atoms with E-state index in [4.69, 9.17) is 10.5 Å². The number of hydrogen-bond acceptors (Lipinski definition) is 4. The Hall–Kier alpha value is -0.870. The summed E-state index contributed by atoms with van der Waals surface area (Å²) in [5.41, 5.74) is 6.13. The van der Waals surface area contributed by atoms with Gasteiger partial charge in [0.25, 0.3) is 0 Å². The summed E-state index contributed by atoms with van der Waals surface area (Å²) in [5, 5.41) is 9.30. The van der Waals surface area contributed by atoms with E-state index >= 15 is 0 Å². The molecule has 3 N–H and O–H groups in total. The van der Waals surface area contributed by atoms with E-state index in [1.807, 2.05) is 0 Å². The third-order valence-electron chi connectivity index (χ3n) is 1.96. The molecule has 0 saturated carbocycles. The maximum Gasteiger partial charge on any atom is 0.333 e. The minimum Gasteiger partial charge on any atom is -0.463 e. The molecule has 1 aliphatic carbocycles. The summed E-state index contributed by atoms with van der Waals surface area (Å²) >= 11 is 0. The van der Waals surface area contributed by atoms with E-state index in [2.05, 4.69) is 0 Å². The topological polar surface area (TPSA) is 72.5 Å². The molecule has 0 saturated heterocycles. The van der Waals surface area contributed by atoms with Crippen molar-refractivity contribution < 1.29 is 14.6 Å². The summed E-state index contributed by atoms with van der Waals surface area (Å²) in [4.78, 5) is 11.2. The van der Waals surface area contributed by atoms with Gasteiger partial charge < -0.3 is 15.6 Å². The smallest absolute Gasteiger partial charge is 0.333 e. The first-order chi connectivity index (χ1) is 6.13. The molecule has 1 rings (SSSR count). The minimum absolute atomic E-state index is 0.139. The quantitative estimate of drug-likeness (QED) is 0.592. The monoisotopic (exact) mass is 185 g/mol. The molecule has 2 unspecified atom stereocenters. The van der Waals surface area contributed by atoms with Crippen LogP contribution >= 0.6 is 0 Å². The maximum absolute atomic E-state index is 11.2. The van der Waals surface area contributed by atoms with Crippen LogP contribution in [0.3, 0.4) is 0 Å². The third kappa shape index (κ3) is 2.82. The van der Waals surface area contributed by atoms with Gasteiger partial charge in [0.05, 0.1) is 12.7 Å². The molecule has 0 heterocycles. The van der Waals surface area contributed by atoms with Crippen molar-refractivity contribution in [1.29, 1.82) is 0 Å². The summed E-state index contributed by atoms with van der Waals surface area (Å²) in [5.74, 6) is -0.364. The van der Waals surface area contributed by atoms with Gasteiger partial charge in [-0.15, -0.1) is 0 Å². The van der Waals surface area contributed by atoms with E-state index in [9.17, 15) is 9.90 Å². The van der Waals surface area contributed by atoms with Gasteiger partial charge >= 0.3 is 5.97 Å². The van der Waals surface area contributed by atoms with Crippen LogP contribution in [0.2, 0.25) is 0 Å². The molecule has 0 bridgehead atoms. The average Bonchev–Trinajstić information content (AvgIpc) is 2.03. The number of rotatable bonds is 2. The highest BCUT2D eigenvalue weighted by Gasteiger charge is 2.22. The van der Waals surface area contributed by atoms with Gasteiger partial charge in [-0.05, 0) is 25.8 Å². The second kappa shape index (κ2) is 4.39.